The monoisotopic (exact) mass is 898 g/mol. The lowest BCUT2D eigenvalue weighted by Gasteiger charge is -2.38. The van der Waals surface area contributed by atoms with Crippen molar-refractivity contribution < 1.29 is 14.6 Å². The van der Waals surface area contributed by atoms with Crippen molar-refractivity contribution in [3.63, 3.8) is 0 Å². The van der Waals surface area contributed by atoms with Crippen molar-refractivity contribution in [2.24, 2.45) is 0 Å². The van der Waals surface area contributed by atoms with Gasteiger partial charge in [0, 0.05) is 66.4 Å². The Balaban J connectivity index is 1.41. The van der Waals surface area contributed by atoms with E-state index in [0.717, 1.165) is 100 Å². The quantitative estimate of drug-likeness (QED) is 0.141. The van der Waals surface area contributed by atoms with Gasteiger partial charge >= 0.3 is 5.97 Å². The van der Waals surface area contributed by atoms with E-state index in [1.165, 1.54) is 33.4 Å². The summed E-state index contributed by atoms with van der Waals surface area (Å²) in [6, 6.07) is 30.5. The summed E-state index contributed by atoms with van der Waals surface area (Å²) in [5.41, 5.74) is 23.5. The minimum Gasteiger partial charge on any atom is -0.478 e. The Bertz CT molecular complexity index is 3580. The maximum Gasteiger partial charge on any atom is 0.339 e. The number of aromatic nitrogens is 4. The van der Waals surface area contributed by atoms with Crippen LogP contribution in [0.25, 0.3) is 78.6 Å². The SMILES string of the molecule is Cc1cc(C)c(-c2c3nc(c4ccc([nH]4)c(-c4c(C)cc(C)cc4C)c4ccc([nH]4)c(-c4cc(C(C)(C)C)cc5c4Oc4c(C(=O)O)cc(C(C)(C)C)cc4C5(C)C)c4ccc2[nH]4)C=C3)c(C)c1. The molecular formula is C61H62N4O3. The van der Waals surface area contributed by atoms with E-state index in [9.17, 15) is 9.90 Å². The Labute approximate surface area is 399 Å². The second kappa shape index (κ2) is 15.5. The van der Waals surface area contributed by atoms with Gasteiger partial charge < -0.3 is 24.8 Å². The topological polar surface area (TPSA) is 107 Å². The predicted octanol–water partition coefficient (Wildman–Crippen LogP) is 16.3. The smallest absolute Gasteiger partial charge is 0.339 e. The number of hydrogen-bond donors (Lipinski definition) is 4. The van der Waals surface area contributed by atoms with Crippen molar-refractivity contribution in [2.45, 2.75) is 113 Å². The van der Waals surface area contributed by atoms with Gasteiger partial charge in [-0.1, -0.05) is 103 Å². The van der Waals surface area contributed by atoms with Crippen molar-refractivity contribution in [2.75, 3.05) is 0 Å². The summed E-state index contributed by atoms with van der Waals surface area (Å²) in [4.78, 5) is 30.5. The third kappa shape index (κ3) is 7.26. The van der Waals surface area contributed by atoms with Crippen LogP contribution in [0.4, 0.5) is 0 Å². The molecule has 344 valence electrons. The van der Waals surface area contributed by atoms with E-state index in [-0.39, 0.29) is 16.4 Å². The third-order valence-corrected chi connectivity index (χ3v) is 14.4. The Morgan fingerprint density at radius 2 is 0.926 bits per heavy atom. The van der Waals surface area contributed by atoms with Gasteiger partial charge in [0.05, 0.1) is 16.9 Å². The fourth-order valence-corrected chi connectivity index (χ4v) is 11.0. The molecule has 7 nitrogen and oxygen atoms in total. The maximum absolute atomic E-state index is 13.3. The molecule has 6 heterocycles. The Hall–Kier alpha value is -7.12. The molecule has 0 unspecified atom stereocenters. The van der Waals surface area contributed by atoms with Crippen molar-refractivity contribution in [1.82, 2.24) is 19.9 Å². The second-order valence-electron chi connectivity index (χ2n) is 22.1. The maximum atomic E-state index is 13.3. The summed E-state index contributed by atoms with van der Waals surface area (Å²) in [5.74, 6) is 0.00427. The molecule has 0 spiro atoms. The molecule has 0 fully saturated rings. The molecule has 10 rings (SSSR count). The van der Waals surface area contributed by atoms with Crippen LogP contribution in [-0.4, -0.2) is 31.0 Å². The van der Waals surface area contributed by atoms with E-state index < -0.39 is 11.4 Å². The van der Waals surface area contributed by atoms with Gasteiger partial charge in [-0.05, 0) is 158 Å². The van der Waals surface area contributed by atoms with Gasteiger partial charge in [0.2, 0.25) is 0 Å². The summed E-state index contributed by atoms with van der Waals surface area (Å²) in [7, 11) is 0. The first-order valence-electron chi connectivity index (χ1n) is 23.8. The molecule has 0 aliphatic carbocycles. The summed E-state index contributed by atoms with van der Waals surface area (Å²) in [6.07, 6.45) is 4.25. The van der Waals surface area contributed by atoms with E-state index in [1.54, 1.807) is 6.07 Å². The fourth-order valence-electron chi connectivity index (χ4n) is 11.0. The van der Waals surface area contributed by atoms with Crippen LogP contribution in [0.2, 0.25) is 0 Å². The zero-order valence-electron chi connectivity index (χ0n) is 41.9. The highest BCUT2D eigenvalue weighted by Gasteiger charge is 2.41. The highest BCUT2D eigenvalue weighted by Crippen LogP contribution is 2.55. The van der Waals surface area contributed by atoms with Crippen molar-refractivity contribution >= 4 is 51.2 Å². The molecule has 7 heteroatoms. The number of rotatable bonds is 4. The summed E-state index contributed by atoms with van der Waals surface area (Å²) >= 11 is 0. The minimum absolute atomic E-state index is 0.159. The zero-order chi connectivity index (χ0) is 48.5. The molecule has 8 aromatic rings. The Morgan fingerprint density at radius 3 is 1.43 bits per heavy atom. The summed E-state index contributed by atoms with van der Waals surface area (Å²) < 4.78 is 7.20. The molecule has 0 amide bonds. The van der Waals surface area contributed by atoms with Crippen LogP contribution in [-0.2, 0) is 16.2 Å². The number of hydrogen-bond acceptors (Lipinski definition) is 3. The number of ether oxygens (including phenoxy) is 1. The molecule has 8 bridgehead atoms. The minimum atomic E-state index is -1.02. The first-order valence-corrected chi connectivity index (χ1v) is 23.8. The first-order chi connectivity index (χ1) is 32.0. The fraction of sp³-hybridized carbons (Fsp3) is 0.279. The molecular weight excluding hydrogens is 837 g/mol. The molecule has 2 aliphatic rings. The van der Waals surface area contributed by atoms with Crippen LogP contribution in [0.3, 0.4) is 0 Å². The van der Waals surface area contributed by atoms with E-state index in [4.69, 9.17) is 9.72 Å². The largest absolute Gasteiger partial charge is 0.478 e. The van der Waals surface area contributed by atoms with E-state index >= 15 is 0 Å². The lowest BCUT2D eigenvalue weighted by Crippen LogP contribution is -2.28. The van der Waals surface area contributed by atoms with Crippen LogP contribution < -0.4 is 4.74 Å². The predicted molar refractivity (Wildman–Crippen MR) is 283 cm³/mol. The molecule has 0 saturated carbocycles. The number of aryl methyl sites for hydroxylation is 6. The van der Waals surface area contributed by atoms with E-state index in [1.807, 2.05) is 0 Å². The van der Waals surface area contributed by atoms with Crippen LogP contribution >= 0.6 is 0 Å². The number of nitrogens with one attached hydrogen (secondary N) is 3. The zero-order valence-corrected chi connectivity index (χ0v) is 41.9. The molecule has 68 heavy (non-hydrogen) atoms. The number of H-pyrrole nitrogens is 3. The number of carboxylic acids is 1. The number of carbonyl (C=O) groups is 1. The van der Waals surface area contributed by atoms with Crippen LogP contribution in [0.5, 0.6) is 11.5 Å². The molecule has 4 aromatic heterocycles. The van der Waals surface area contributed by atoms with Gasteiger partial charge in [0.25, 0.3) is 0 Å². The van der Waals surface area contributed by atoms with Crippen molar-refractivity contribution in [1.29, 1.82) is 0 Å². The standard InChI is InChI=1S/C61H62N4O3/c1-31-23-33(3)51(34(4)24-31)54-47-17-15-43(62-47)44-16-18-48(63-44)55(52-35(5)25-32(2)26-36(52)6)50-22-20-46(65-50)53(45-19-21-49(54)64-45)39-27-37(59(7,8)9)29-41-56(39)68-57-40(58(66)67)28-38(60(10,11)12)30-42(57)61(41,13)14/h15-30,62,64-65H,1-14H3,(H,66,67). The Morgan fingerprint density at radius 1 is 0.515 bits per heavy atom. The number of aromatic amines is 3. The van der Waals surface area contributed by atoms with Gasteiger partial charge in [-0.2, -0.15) is 0 Å². The number of carboxylic acid groups (broad SMARTS) is 1. The molecule has 0 atom stereocenters. The lowest BCUT2D eigenvalue weighted by atomic mass is 9.70. The number of benzene rings is 4. The van der Waals surface area contributed by atoms with Crippen LogP contribution in [0.15, 0.2) is 84.9 Å². The Kier molecular flexibility index (Phi) is 10.2. The summed E-state index contributed by atoms with van der Waals surface area (Å²) in [5, 5.41) is 10.9. The highest BCUT2D eigenvalue weighted by molar-refractivity contribution is 6.03. The lowest BCUT2D eigenvalue weighted by molar-refractivity contribution is 0.0693. The van der Waals surface area contributed by atoms with Crippen molar-refractivity contribution in [3.8, 4) is 44.9 Å². The van der Waals surface area contributed by atoms with Crippen LogP contribution in [0, 0.1) is 41.5 Å². The van der Waals surface area contributed by atoms with Gasteiger partial charge in [-0.3, -0.25) is 0 Å². The normalized spacial score (nSPS) is 13.7. The van der Waals surface area contributed by atoms with E-state index in [2.05, 4.69) is 203 Å². The molecule has 4 N–H and O–H groups in total. The molecule has 4 aromatic carbocycles. The second-order valence-corrected chi connectivity index (χ2v) is 22.1. The van der Waals surface area contributed by atoms with E-state index in [0.29, 0.717) is 11.5 Å². The number of aromatic carboxylic acids is 1. The van der Waals surface area contributed by atoms with Crippen LogP contribution in [0.1, 0.15) is 133 Å². The van der Waals surface area contributed by atoms with Gasteiger partial charge in [0.1, 0.15) is 17.1 Å². The average Bonchev–Trinajstić information content (AvgIpc) is 4.08. The van der Waals surface area contributed by atoms with Gasteiger partial charge in [-0.25, -0.2) is 9.78 Å². The average molecular weight is 899 g/mol. The van der Waals surface area contributed by atoms with Gasteiger partial charge in [0.15, 0.2) is 0 Å². The summed E-state index contributed by atoms with van der Waals surface area (Å²) in [6.45, 7) is 30.6. The highest BCUT2D eigenvalue weighted by atomic mass is 16.5. The first kappa shape index (κ1) is 44.7. The van der Waals surface area contributed by atoms with Crippen molar-refractivity contribution in [3.05, 3.63) is 158 Å². The molecule has 2 aliphatic heterocycles. The molecule has 0 saturated heterocycles. The number of fused-ring (bicyclic) bond motifs is 11. The molecule has 0 radical (unpaired) electrons. The number of nitrogens with zero attached hydrogens (tertiary/aromatic N) is 1. The third-order valence-electron chi connectivity index (χ3n) is 14.4. The van der Waals surface area contributed by atoms with Gasteiger partial charge in [-0.15, -0.1) is 0 Å².